The van der Waals surface area contributed by atoms with Gasteiger partial charge >= 0.3 is 0 Å². The van der Waals surface area contributed by atoms with Crippen LogP contribution in [0.15, 0.2) is 47.6 Å². The number of benzene rings is 1. The summed E-state index contributed by atoms with van der Waals surface area (Å²) in [6.07, 6.45) is 2.49. The number of nitrogens with two attached hydrogens (primary N) is 1. The summed E-state index contributed by atoms with van der Waals surface area (Å²) in [7, 11) is 1.61. The molecule has 1 aromatic carbocycles. The number of hydrogen-bond acceptors (Lipinski definition) is 3. The van der Waals surface area contributed by atoms with Gasteiger partial charge in [0.2, 0.25) is 0 Å². The molecule has 0 aliphatic rings. The SMILES string of the molecule is COc1ccccc1NC(N)=NCCc1ccc(Cl)nc1. The zero-order valence-corrected chi connectivity index (χ0v) is 12.5. The molecule has 2 aromatic rings. The van der Waals surface area contributed by atoms with E-state index in [1.807, 2.05) is 30.3 Å². The number of nitrogens with zero attached hydrogens (tertiary/aromatic N) is 2. The second-order valence-electron chi connectivity index (χ2n) is 4.33. The molecule has 0 aliphatic heterocycles. The van der Waals surface area contributed by atoms with Crippen LogP contribution < -0.4 is 15.8 Å². The van der Waals surface area contributed by atoms with Crippen molar-refractivity contribution in [2.75, 3.05) is 19.0 Å². The third-order valence-electron chi connectivity index (χ3n) is 2.84. The minimum absolute atomic E-state index is 0.349. The molecule has 1 aromatic heterocycles. The van der Waals surface area contributed by atoms with Crippen molar-refractivity contribution in [1.29, 1.82) is 0 Å². The third-order valence-corrected chi connectivity index (χ3v) is 3.06. The fourth-order valence-electron chi connectivity index (χ4n) is 1.79. The van der Waals surface area contributed by atoms with Crippen molar-refractivity contribution in [3.8, 4) is 5.75 Å². The number of methoxy groups -OCH3 is 1. The van der Waals surface area contributed by atoms with Crippen molar-refractivity contribution in [1.82, 2.24) is 4.98 Å². The average Bonchev–Trinajstić information content (AvgIpc) is 2.50. The molecule has 3 N–H and O–H groups in total. The van der Waals surface area contributed by atoms with Gasteiger partial charge in [0.1, 0.15) is 10.9 Å². The molecule has 0 saturated carbocycles. The summed E-state index contributed by atoms with van der Waals surface area (Å²) < 4.78 is 5.24. The molecular formula is C15H17ClN4O. The summed E-state index contributed by atoms with van der Waals surface area (Å²) in [6, 6.07) is 11.2. The minimum Gasteiger partial charge on any atom is -0.495 e. The Balaban J connectivity index is 1.90. The van der Waals surface area contributed by atoms with Crippen LogP contribution in [0.25, 0.3) is 0 Å². The van der Waals surface area contributed by atoms with E-state index in [9.17, 15) is 0 Å². The molecule has 0 fully saturated rings. The van der Waals surface area contributed by atoms with Crippen molar-refractivity contribution in [3.05, 3.63) is 53.3 Å². The van der Waals surface area contributed by atoms with Crippen molar-refractivity contribution < 1.29 is 4.74 Å². The van der Waals surface area contributed by atoms with E-state index in [-0.39, 0.29) is 0 Å². The fourth-order valence-corrected chi connectivity index (χ4v) is 1.90. The zero-order valence-electron chi connectivity index (χ0n) is 11.7. The van der Waals surface area contributed by atoms with Gasteiger partial charge in [0.15, 0.2) is 5.96 Å². The Bertz CT molecular complexity index is 613. The fraction of sp³-hybridized carbons (Fsp3) is 0.200. The molecule has 0 spiro atoms. The van der Waals surface area contributed by atoms with Crippen LogP contribution in [-0.2, 0) is 6.42 Å². The van der Waals surface area contributed by atoms with Crippen molar-refractivity contribution in [2.24, 2.45) is 10.7 Å². The summed E-state index contributed by atoms with van der Waals surface area (Å²) in [4.78, 5) is 8.30. The van der Waals surface area contributed by atoms with Gasteiger partial charge in [-0.2, -0.15) is 0 Å². The number of rotatable bonds is 5. The van der Waals surface area contributed by atoms with E-state index in [0.717, 1.165) is 23.4 Å². The van der Waals surface area contributed by atoms with Gasteiger partial charge in [-0.15, -0.1) is 0 Å². The molecule has 0 radical (unpaired) electrons. The molecule has 21 heavy (non-hydrogen) atoms. The first kappa shape index (κ1) is 15.1. The lowest BCUT2D eigenvalue weighted by molar-refractivity contribution is 0.417. The topological polar surface area (TPSA) is 72.5 Å². The predicted molar refractivity (Wildman–Crippen MR) is 86.1 cm³/mol. The molecule has 0 atom stereocenters. The Labute approximate surface area is 128 Å². The number of aliphatic imine (C=N–C) groups is 1. The van der Waals surface area contributed by atoms with E-state index >= 15 is 0 Å². The highest BCUT2D eigenvalue weighted by Crippen LogP contribution is 2.22. The summed E-state index contributed by atoms with van der Waals surface area (Å²) in [5, 5.41) is 3.51. The largest absolute Gasteiger partial charge is 0.495 e. The number of aromatic nitrogens is 1. The van der Waals surface area contributed by atoms with Crippen LogP contribution in [0.2, 0.25) is 5.15 Å². The number of nitrogens with one attached hydrogen (secondary N) is 1. The Morgan fingerprint density at radius 2 is 2.14 bits per heavy atom. The summed E-state index contributed by atoms with van der Waals surface area (Å²) in [6.45, 7) is 0.567. The van der Waals surface area contributed by atoms with Gasteiger partial charge < -0.3 is 15.8 Å². The van der Waals surface area contributed by atoms with E-state index in [2.05, 4.69) is 15.3 Å². The summed E-state index contributed by atoms with van der Waals surface area (Å²) in [5.74, 6) is 1.07. The van der Waals surface area contributed by atoms with E-state index in [1.54, 1.807) is 19.4 Å². The van der Waals surface area contributed by atoms with Gasteiger partial charge in [0, 0.05) is 12.7 Å². The van der Waals surface area contributed by atoms with E-state index in [4.69, 9.17) is 22.1 Å². The maximum absolute atomic E-state index is 5.86. The summed E-state index contributed by atoms with van der Waals surface area (Å²) >= 11 is 5.73. The number of para-hydroxylation sites is 2. The van der Waals surface area contributed by atoms with E-state index < -0.39 is 0 Å². The van der Waals surface area contributed by atoms with Gasteiger partial charge in [0.05, 0.1) is 12.8 Å². The van der Waals surface area contributed by atoms with Gasteiger partial charge in [-0.1, -0.05) is 29.8 Å². The lowest BCUT2D eigenvalue weighted by Gasteiger charge is -2.10. The highest BCUT2D eigenvalue weighted by molar-refractivity contribution is 6.29. The number of pyridine rings is 1. The van der Waals surface area contributed by atoms with Gasteiger partial charge in [-0.25, -0.2) is 4.98 Å². The van der Waals surface area contributed by atoms with Crippen LogP contribution in [0.1, 0.15) is 5.56 Å². The van der Waals surface area contributed by atoms with Crippen molar-refractivity contribution >= 4 is 23.2 Å². The average molecular weight is 305 g/mol. The molecule has 0 saturated heterocycles. The third kappa shape index (κ3) is 4.65. The smallest absolute Gasteiger partial charge is 0.193 e. The number of guanidine groups is 1. The Kier molecular flexibility index (Phi) is 5.40. The normalized spacial score (nSPS) is 11.2. The van der Waals surface area contributed by atoms with Crippen LogP contribution in [0.5, 0.6) is 5.75 Å². The predicted octanol–water partition coefficient (Wildman–Crippen LogP) is 2.71. The molecule has 2 rings (SSSR count). The van der Waals surface area contributed by atoms with Crippen LogP contribution in [-0.4, -0.2) is 24.6 Å². The van der Waals surface area contributed by atoms with Crippen molar-refractivity contribution in [3.63, 3.8) is 0 Å². The molecule has 1 heterocycles. The highest BCUT2D eigenvalue weighted by Gasteiger charge is 2.02. The highest BCUT2D eigenvalue weighted by atomic mass is 35.5. The first-order valence-corrected chi connectivity index (χ1v) is 6.87. The monoisotopic (exact) mass is 304 g/mol. The van der Waals surface area contributed by atoms with Crippen LogP contribution in [0.4, 0.5) is 5.69 Å². The number of ether oxygens (including phenoxy) is 1. The summed E-state index contributed by atoms with van der Waals surface area (Å²) in [5.41, 5.74) is 7.71. The zero-order chi connectivity index (χ0) is 15.1. The minimum atomic E-state index is 0.349. The lowest BCUT2D eigenvalue weighted by atomic mass is 10.2. The molecular weight excluding hydrogens is 288 g/mol. The molecule has 0 bridgehead atoms. The molecule has 6 heteroatoms. The quantitative estimate of drug-likeness (QED) is 0.506. The van der Waals surface area contributed by atoms with Crippen LogP contribution in [0.3, 0.4) is 0 Å². The van der Waals surface area contributed by atoms with Crippen molar-refractivity contribution in [2.45, 2.75) is 6.42 Å². The number of halogens is 1. The number of anilines is 1. The molecule has 0 aliphatic carbocycles. The van der Waals surface area contributed by atoms with E-state index in [1.165, 1.54) is 0 Å². The van der Waals surface area contributed by atoms with Gasteiger partial charge in [0.25, 0.3) is 0 Å². The molecule has 0 unspecified atom stereocenters. The molecule has 110 valence electrons. The first-order valence-electron chi connectivity index (χ1n) is 6.49. The van der Waals surface area contributed by atoms with Crippen LogP contribution >= 0.6 is 11.6 Å². The lowest BCUT2D eigenvalue weighted by Crippen LogP contribution is -2.23. The molecule has 0 amide bonds. The first-order chi connectivity index (χ1) is 10.2. The maximum Gasteiger partial charge on any atom is 0.193 e. The maximum atomic E-state index is 5.86. The second-order valence-corrected chi connectivity index (χ2v) is 4.72. The Morgan fingerprint density at radius 1 is 1.33 bits per heavy atom. The Hall–Kier alpha value is -2.27. The van der Waals surface area contributed by atoms with Gasteiger partial charge in [-0.05, 0) is 30.2 Å². The standard InChI is InChI=1S/C15H17ClN4O/c1-21-13-5-3-2-4-12(13)20-15(17)18-9-8-11-6-7-14(16)19-10-11/h2-7,10H,8-9H2,1H3,(H3,17,18,20). The van der Waals surface area contributed by atoms with Gasteiger partial charge in [-0.3, -0.25) is 4.99 Å². The Morgan fingerprint density at radius 3 is 2.86 bits per heavy atom. The molecule has 5 nitrogen and oxygen atoms in total. The number of hydrogen-bond donors (Lipinski definition) is 2. The van der Waals surface area contributed by atoms with E-state index in [0.29, 0.717) is 17.7 Å². The second kappa shape index (κ2) is 7.50. The van der Waals surface area contributed by atoms with Crippen LogP contribution in [0, 0.1) is 0 Å².